The number of aromatic carboxylic acids is 1. The molecule has 1 aliphatic heterocycles. The van der Waals surface area contributed by atoms with Crippen molar-refractivity contribution in [1.29, 1.82) is 0 Å². The third kappa shape index (κ3) is 2.29. The number of aryl methyl sites for hydroxylation is 1. The predicted octanol–water partition coefficient (Wildman–Crippen LogP) is 2.48. The highest BCUT2D eigenvalue weighted by Gasteiger charge is 2.19. The quantitative estimate of drug-likeness (QED) is 0.930. The number of imidazole rings is 1. The van der Waals surface area contributed by atoms with Crippen LogP contribution >= 0.6 is 0 Å². The topological polar surface area (TPSA) is 64.3 Å². The molecule has 0 spiro atoms. The number of carbonyl (C=O) groups is 1. The summed E-state index contributed by atoms with van der Waals surface area (Å²) in [6.07, 6.45) is 3.26. The molecule has 0 saturated carbocycles. The predicted molar refractivity (Wildman–Crippen MR) is 75.0 cm³/mol. The summed E-state index contributed by atoms with van der Waals surface area (Å²) in [5.74, 6) is 0.0664. The van der Waals surface area contributed by atoms with Gasteiger partial charge in [-0.05, 0) is 31.0 Å². The van der Waals surface area contributed by atoms with Gasteiger partial charge >= 0.3 is 5.97 Å². The zero-order valence-electron chi connectivity index (χ0n) is 11.5. The van der Waals surface area contributed by atoms with Crippen LogP contribution in [0.2, 0.25) is 0 Å². The Morgan fingerprint density at radius 2 is 2.40 bits per heavy atom. The fourth-order valence-electron chi connectivity index (χ4n) is 2.78. The highest BCUT2D eigenvalue weighted by molar-refractivity contribution is 5.92. The average molecular weight is 274 g/mol. The van der Waals surface area contributed by atoms with Crippen LogP contribution in [0.25, 0.3) is 11.0 Å². The fraction of sp³-hybridized carbons (Fsp3) is 0.467. The summed E-state index contributed by atoms with van der Waals surface area (Å²) in [6.45, 7) is 3.69. The van der Waals surface area contributed by atoms with Gasteiger partial charge in [0, 0.05) is 13.0 Å². The second-order valence-electron chi connectivity index (χ2n) is 5.14. The van der Waals surface area contributed by atoms with Gasteiger partial charge < -0.3 is 14.4 Å². The van der Waals surface area contributed by atoms with Gasteiger partial charge in [-0.3, -0.25) is 0 Å². The van der Waals surface area contributed by atoms with Crippen molar-refractivity contribution in [3.63, 3.8) is 0 Å². The van der Waals surface area contributed by atoms with Gasteiger partial charge in [0.2, 0.25) is 0 Å². The molecule has 2 aromatic rings. The summed E-state index contributed by atoms with van der Waals surface area (Å²) >= 11 is 0. The molecule has 1 saturated heterocycles. The zero-order chi connectivity index (χ0) is 14.1. The molecular formula is C15H18N2O3. The van der Waals surface area contributed by atoms with E-state index in [1.807, 2.05) is 6.07 Å². The molecule has 5 heteroatoms. The summed E-state index contributed by atoms with van der Waals surface area (Å²) in [5.41, 5.74) is 2.02. The molecule has 1 N–H and O–H groups in total. The molecule has 0 aliphatic carbocycles. The smallest absolute Gasteiger partial charge is 0.335 e. The Balaban J connectivity index is 2.02. The van der Waals surface area contributed by atoms with Crippen molar-refractivity contribution in [2.45, 2.75) is 38.8 Å². The molecule has 1 aromatic heterocycles. The molecular weight excluding hydrogens is 256 g/mol. The van der Waals surface area contributed by atoms with E-state index in [0.717, 1.165) is 49.3 Å². The zero-order valence-corrected chi connectivity index (χ0v) is 11.5. The molecule has 1 aliphatic rings. The molecule has 2 heterocycles. The Labute approximate surface area is 117 Å². The van der Waals surface area contributed by atoms with Crippen molar-refractivity contribution in [3.8, 4) is 0 Å². The van der Waals surface area contributed by atoms with Crippen LogP contribution in [0, 0.1) is 0 Å². The Bertz CT molecular complexity index is 642. The second kappa shape index (κ2) is 5.25. The van der Waals surface area contributed by atoms with E-state index in [9.17, 15) is 4.79 Å². The van der Waals surface area contributed by atoms with E-state index < -0.39 is 5.97 Å². The second-order valence-corrected chi connectivity index (χ2v) is 5.14. The largest absolute Gasteiger partial charge is 0.478 e. The normalized spacial score (nSPS) is 18.8. The first kappa shape index (κ1) is 13.1. The van der Waals surface area contributed by atoms with E-state index in [2.05, 4.69) is 16.5 Å². The van der Waals surface area contributed by atoms with Gasteiger partial charge in [-0.2, -0.15) is 0 Å². The van der Waals surface area contributed by atoms with E-state index in [1.54, 1.807) is 12.1 Å². The molecule has 0 amide bonds. The van der Waals surface area contributed by atoms with Crippen LogP contribution in [0.5, 0.6) is 0 Å². The lowest BCUT2D eigenvalue weighted by Crippen LogP contribution is -2.16. The van der Waals surface area contributed by atoms with Gasteiger partial charge in [-0.25, -0.2) is 9.78 Å². The summed E-state index contributed by atoms with van der Waals surface area (Å²) in [4.78, 5) is 15.6. The third-order valence-electron chi connectivity index (χ3n) is 3.80. The number of rotatable bonds is 4. The van der Waals surface area contributed by atoms with Gasteiger partial charge in [-0.15, -0.1) is 0 Å². The van der Waals surface area contributed by atoms with E-state index in [4.69, 9.17) is 9.84 Å². The molecule has 1 atom stereocenters. The van der Waals surface area contributed by atoms with Crippen molar-refractivity contribution in [3.05, 3.63) is 29.6 Å². The Kier molecular flexibility index (Phi) is 3.44. The maximum atomic E-state index is 11.0. The van der Waals surface area contributed by atoms with Gasteiger partial charge in [0.1, 0.15) is 5.82 Å². The fourth-order valence-corrected chi connectivity index (χ4v) is 2.78. The minimum absolute atomic E-state index is 0.247. The highest BCUT2D eigenvalue weighted by Crippen LogP contribution is 2.22. The van der Waals surface area contributed by atoms with Crippen LogP contribution < -0.4 is 0 Å². The van der Waals surface area contributed by atoms with Crippen LogP contribution in [0.1, 0.15) is 35.9 Å². The Hall–Kier alpha value is -1.88. The van der Waals surface area contributed by atoms with E-state index in [0.29, 0.717) is 0 Å². The molecule has 0 unspecified atom stereocenters. The molecule has 1 aromatic carbocycles. The van der Waals surface area contributed by atoms with Gasteiger partial charge in [0.15, 0.2) is 0 Å². The van der Waals surface area contributed by atoms with Crippen LogP contribution in [0.3, 0.4) is 0 Å². The molecule has 106 valence electrons. The minimum Gasteiger partial charge on any atom is -0.478 e. The number of benzene rings is 1. The summed E-state index contributed by atoms with van der Waals surface area (Å²) < 4.78 is 7.86. The number of ether oxygens (including phenoxy) is 1. The number of carboxylic acids is 1. The third-order valence-corrected chi connectivity index (χ3v) is 3.80. The Morgan fingerprint density at radius 1 is 1.55 bits per heavy atom. The molecule has 3 rings (SSSR count). The maximum absolute atomic E-state index is 11.0. The van der Waals surface area contributed by atoms with E-state index in [-0.39, 0.29) is 11.7 Å². The van der Waals surface area contributed by atoms with E-state index >= 15 is 0 Å². The first-order valence-electron chi connectivity index (χ1n) is 7.03. The monoisotopic (exact) mass is 274 g/mol. The van der Waals surface area contributed by atoms with Gasteiger partial charge in [0.05, 0.1) is 29.2 Å². The number of nitrogens with zero attached hydrogens (tertiary/aromatic N) is 2. The van der Waals surface area contributed by atoms with Crippen LogP contribution in [0.4, 0.5) is 0 Å². The first-order valence-corrected chi connectivity index (χ1v) is 7.03. The van der Waals surface area contributed by atoms with Crippen LogP contribution in [0.15, 0.2) is 18.2 Å². The Morgan fingerprint density at radius 3 is 3.05 bits per heavy atom. The van der Waals surface area contributed by atoms with Crippen molar-refractivity contribution in [2.24, 2.45) is 0 Å². The molecule has 20 heavy (non-hydrogen) atoms. The number of carboxylic acid groups (broad SMARTS) is 1. The average Bonchev–Trinajstić information content (AvgIpc) is 3.06. The number of aromatic nitrogens is 2. The highest BCUT2D eigenvalue weighted by atomic mass is 16.5. The van der Waals surface area contributed by atoms with Crippen molar-refractivity contribution in [1.82, 2.24) is 9.55 Å². The number of hydrogen-bond donors (Lipinski definition) is 1. The molecule has 0 bridgehead atoms. The molecule has 0 radical (unpaired) electrons. The minimum atomic E-state index is -0.918. The van der Waals surface area contributed by atoms with Crippen LogP contribution in [-0.2, 0) is 17.7 Å². The summed E-state index contributed by atoms with van der Waals surface area (Å²) in [7, 11) is 0. The van der Waals surface area contributed by atoms with Gasteiger partial charge in [0.25, 0.3) is 0 Å². The summed E-state index contributed by atoms with van der Waals surface area (Å²) in [6, 6.07) is 5.13. The standard InChI is InChI=1S/C15H18N2O3/c1-2-14-16-12-8-10(15(18)19)5-6-13(12)17(14)9-11-4-3-7-20-11/h5-6,8,11H,2-4,7,9H2,1H3,(H,18,19)/t11-/m1/s1. The van der Waals surface area contributed by atoms with Gasteiger partial charge in [-0.1, -0.05) is 6.92 Å². The van der Waals surface area contributed by atoms with Crippen molar-refractivity contribution in [2.75, 3.05) is 6.61 Å². The lowest BCUT2D eigenvalue weighted by molar-refractivity contribution is 0.0697. The number of fused-ring (bicyclic) bond motifs is 1. The lowest BCUT2D eigenvalue weighted by Gasteiger charge is -2.13. The lowest BCUT2D eigenvalue weighted by atomic mass is 10.2. The molecule has 5 nitrogen and oxygen atoms in total. The first-order chi connectivity index (χ1) is 9.69. The SMILES string of the molecule is CCc1nc2cc(C(=O)O)ccc2n1C[C@H]1CCCO1. The number of hydrogen-bond acceptors (Lipinski definition) is 3. The van der Waals surface area contributed by atoms with Crippen LogP contribution in [-0.4, -0.2) is 33.3 Å². The maximum Gasteiger partial charge on any atom is 0.335 e. The molecule has 1 fully saturated rings. The van der Waals surface area contributed by atoms with Crippen molar-refractivity contribution >= 4 is 17.0 Å². The van der Waals surface area contributed by atoms with E-state index in [1.165, 1.54) is 0 Å². The van der Waals surface area contributed by atoms with Crippen molar-refractivity contribution < 1.29 is 14.6 Å². The summed E-state index contributed by atoms with van der Waals surface area (Å²) in [5, 5.41) is 9.05.